The molecule has 0 saturated carbocycles. The number of nitrogens with one attached hydrogen (secondary N) is 1. The molecule has 0 radical (unpaired) electrons. The Kier molecular flexibility index (Phi) is 2.49. The second-order valence-electron chi connectivity index (χ2n) is 5.31. The molecule has 1 nitrogen and oxygen atoms in total. The minimum Gasteiger partial charge on any atom is -0.378 e. The summed E-state index contributed by atoms with van der Waals surface area (Å²) in [4.78, 5) is 0. The van der Waals surface area contributed by atoms with Gasteiger partial charge in [0.2, 0.25) is 0 Å². The molecule has 1 aliphatic rings. The van der Waals surface area contributed by atoms with Gasteiger partial charge in [-0.3, -0.25) is 0 Å². The standard InChI is InChI=1S/C18H14FN/c19-16-7-8-17-15(10-16)11-18(20-17)14-6-5-12-3-1-2-4-13(12)9-14/h1-10,18,20H,11H2. The molecule has 0 spiro atoms. The van der Waals surface area contributed by atoms with Gasteiger partial charge in [-0.1, -0.05) is 36.4 Å². The van der Waals surface area contributed by atoms with Crippen molar-refractivity contribution in [3.63, 3.8) is 0 Å². The van der Waals surface area contributed by atoms with Crippen LogP contribution in [0.1, 0.15) is 17.2 Å². The normalized spacial score (nSPS) is 16.9. The average molecular weight is 263 g/mol. The molecule has 1 heterocycles. The van der Waals surface area contributed by atoms with E-state index in [4.69, 9.17) is 0 Å². The Hall–Kier alpha value is -2.35. The number of benzene rings is 3. The topological polar surface area (TPSA) is 12.0 Å². The molecule has 3 aromatic rings. The lowest BCUT2D eigenvalue weighted by atomic mass is 9.99. The van der Waals surface area contributed by atoms with Crippen LogP contribution in [0.2, 0.25) is 0 Å². The number of rotatable bonds is 1. The monoisotopic (exact) mass is 263 g/mol. The van der Waals surface area contributed by atoms with Gasteiger partial charge in [-0.05, 0) is 52.6 Å². The molecule has 3 aromatic carbocycles. The molecule has 0 amide bonds. The highest BCUT2D eigenvalue weighted by Crippen LogP contribution is 2.35. The molecule has 1 unspecified atom stereocenters. The van der Waals surface area contributed by atoms with Crippen LogP contribution in [0.25, 0.3) is 10.8 Å². The molecule has 1 atom stereocenters. The number of hydrogen-bond acceptors (Lipinski definition) is 1. The first-order valence-corrected chi connectivity index (χ1v) is 6.83. The summed E-state index contributed by atoms with van der Waals surface area (Å²) in [6.45, 7) is 0. The van der Waals surface area contributed by atoms with Gasteiger partial charge in [-0.2, -0.15) is 0 Å². The zero-order valence-electron chi connectivity index (χ0n) is 10.9. The van der Waals surface area contributed by atoms with E-state index in [2.05, 4.69) is 47.8 Å². The van der Waals surface area contributed by atoms with Gasteiger partial charge in [0, 0.05) is 5.69 Å². The number of hydrogen-bond donors (Lipinski definition) is 1. The van der Waals surface area contributed by atoms with Crippen LogP contribution in [-0.2, 0) is 6.42 Å². The average Bonchev–Trinajstić information content (AvgIpc) is 2.89. The maximum Gasteiger partial charge on any atom is 0.123 e. The van der Waals surface area contributed by atoms with Crippen molar-refractivity contribution in [1.29, 1.82) is 0 Å². The van der Waals surface area contributed by atoms with E-state index in [9.17, 15) is 4.39 Å². The molecule has 4 rings (SSSR count). The van der Waals surface area contributed by atoms with E-state index >= 15 is 0 Å². The van der Waals surface area contributed by atoms with Gasteiger partial charge in [0.1, 0.15) is 5.82 Å². The van der Waals surface area contributed by atoms with Gasteiger partial charge in [-0.15, -0.1) is 0 Å². The van der Waals surface area contributed by atoms with Crippen molar-refractivity contribution < 1.29 is 4.39 Å². The van der Waals surface area contributed by atoms with Crippen LogP contribution in [0.3, 0.4) is 0 Å². The molecule has 0 aromatic heterocycles. The van der Waals surface area contributed by atoms with Crippen molar-refractivity contribution >= 4 is 16.5 Å². The molecular weight excluding hydrogens is 249 g/mol. The van der Waals surface area contributed by atoms with Gasteiger partial charge in [0.25, 0.3) is 0 Å². The van der Waals surface area contributed by atoms with Gasteiger partial charge in [0.15, 0.2) is 0 Å². The van der Waals surface area contributed by atoms with Crippen molar-refractivity contribution in [1.82, 2.24) is 0 Å². The van der Waals surface area contributed by atoms with Gasteiger partial charge < -0.3 is 5.32 Å². The Balaban J connectivity index is 1.71. The summed E-state index contributed by atoms with van der Waals surface area (Å²) >= 11 is 0. The van der Waals surface area contributed by atoms with Crippen LogP contribution in [0.4, 0.5) is 10.1 Å². The molecule has 20 heavy (non-hydrogen) atoms. The molecule has 2 heteroatoms. The summed E-state index contributed by atoms with van der Waals surface area (Å²) in [6, 6.07) is 20.1. The van der Waals surface area contributed by atoms with E-state index in [1.54, 1.807) is 6.07 Å². The zero-order chi connectivity index (χ0) is 13.5. The highest BCUT2D eigenvalue weighted by molar-refractivity contribution is 5.83. The first-order valence-electron chi connectivity index (χ1n) is 6.83. The first kappa shape index (κ1) is 11.5. The van der Waals surface area contributed by atoms with E-state index in [1.165, 1.54) is 22.4 Å². The van der Waals surface area contributed by atoms with Crippen LogP contribution < -0.4 is 5.32 Å². The fourth-order valence-corrected chi connectivity index (χ4v) is 2.96. The third-order valence-electron chi connectivity index (χ3n) is 4.00. The zero-order valence-corrected chi connectivity index (χ0v) is 10.9. The molecule has 1 aliphatic heterocycles. The Morgan fingerprint density at radius 3 is 2.65 bits per heavy atom. The Morgan fingerprint density at radius 1 is 0.900 bits per heavy atom. The maximum absolute atomic E-state index is 13.3. The fourth-order valence-electron chi connectivity index (χ4n) is 2.96. The largest absolute Gasteiger partial charge is 0.378 e. The summed E-state index contributed by atoms with van der Waals surface area (Å²) in [5.74, 6) is -0.162. The Labute approximate surface area is 117 Å². The van der Waals surface area contributed by atoms with Crippen LogP contribution in [0.5, 0.6) is 0 Å². The lowest BCUT2D eigenvalue weighted by Crippen LogP contribution is -2.05. The number of fused-ring (bicyclic) bond motifs is 2. The number of anilines is 1. The van der Waals surface area contributed by atoms with Gasteiger partial charge in [-0.25, -0.2) is 4.39 Å². The summed E-state index contributed by atoms with van der Waals surface area (Å²) in [5, 5.41) is 5.97. The molecule has 1 N–H and O–H groups in total. The second kappa shape index (κ2) is 4.34. The van der Waals surface area contributed by atoms with Crippen LogP contribution in [0.15, 0.2) is 60.7 Å². The second-order valence-corrected chi connectivity index (χ2v) is 5.31. The highest BCUT2D eigenvalue weighted by atomic mass is 19.1. The van der Waals surface area contributed by atoms with E-state index < -0.39 is 0 Å². The van der Waals surface area contributed by atoms with Crippen molar-refractivity contribution in [2.24, 2.45) is 0 Å². The molecule has 0 saturated heterocycles. The van der Waals surface area contributed by atoms with Crippen molar-refractivity contribution in [2.45, 2.75) is 12.5 Å². The van der Waals surface area contributed by atoms with E-state index in [0.717, 1.165) is 17.7 Å². The van der Waals surface area contributed by atoms with E-state index in [-0.39, 0.29) is 11.9 Å². The summed E-state index contributed by atoms with van der Waals surface area (Å²) in [5.41, 5.74) is 3.35. The quantitative estimate of drug-likeness (QED) is 0.671. The predicted molar refractivity (Wildman–Crippen MR) is 80.4 cm³/mol. The first-order chi connectivity index (χ1) is 9.79. The van der Waals surface area contributed by atoms with Gasteiger partial charge in [0.05, 0.1) is 6.04 Å². The maximum atomic E-state index is 13.3. The minimum atomic E-state index is -0.162. The van der Waals surface area contributed by atoms with Gasteiger partial charge >= 0.3 is 0 Å². The smallest absolute Gasteiger partial charge is 0.123 e. The Morgan fingerprint density at radius 2 is 1.75 bits per heavy atom. The molecule has 0 fully saturated rings. The highest BCUT2D eigenvalue weighted by Gasteiger charge is 2.22. The number of halogens is 1. The minimum absolute atomic E-state index is 0.162. The van der Waals surface area contributed by atoms with Crippen LogP contribution in [0, 0.1) is 5.82 Å². The van der Waals surface area contributed by atoms with Crippen LogP contribution >= 0.6 is 0 Å². The molecule has 98 valence electrons. The lowest BCUT2D eigenvalue weighted by molar-refractivity contribution is 0.626. The lowest BCUT2D eigenvalue weighted by Gasteiger charge is -2.12. The summed E-state index contributed by atoms with van der Waals surface area (Å²) < 4.78 is 13.3. The third kappa shape index (κ3) is 1.85. The van der Waals surface area contributed by atoms with Crippen molar-refractivity contribution in [2.75, 3.05) is 5.32 Å². The van der Waals surface area contributed by atoms with E-state index in [0.29, 0.717) is 0 Å². The fraction of sp³-hybridized carbons (Fsp3) is 0.111. The third-order valence-corrected chi connectivity index (χ3v) is 4.00. The predicted octanol–water partition coefficient (Wildman–Crippen LogP) is 4.69. The van der Waals surface area contributed by atoms with Crippen molar-refractivity contribution in [3.8, 4) is 0 Å². The SMILES string of the molecule is Fc1ccc2c(c1)CC(c1ccc3ccccc3c1)N2. The van der Waals surface area contributed by atoms with E-state index in [1.807, 2.05) is 6.07 Å². The molecular formula is C18H14FN. The summed E-state index contributed by atoms with van der Waals surface area (Å²) in [7, 11) is 0. The Bertz CT molecular complexity index is 794. The molecule has 0 bridgehead atoms. The van der Waals surface area contributed by atoms with Crippen molar-refractivity contribution in [3.05, 3.63) is 77.6 Å². The van der Waals surface area contributed by atoms with Crippen LogP contribution in [-0.4, -0.2) is 0 Å². The summed E-state index contributed by atoms with van der Waals surface area (Å²) in [6.07, 6.45) is 0.839. The molecule has 0 aliphatic carbocycles.